The van der Waals surface area contributed by atoms with Crippen LogP contribution >= 0.6 is 0 Å². The summed E-state index contributed by atoms with van der Waals surface area (Å²) in [6.45, 7) is 0. The molecule has 0 radical (unpaired) electrons. The van der Waals surface area contributed by atoms with Crippen molar-refractivity contribution < 1.29 is 14.7 Å². The van der Waals surface area contributed by atoms with Gasteiger partial charge in [-0.05, 0) is 43.0 Å². The Bertz CT molecular complexity index is 337. The second kappa shape index (κ2) is 4.51. The number of benzene rings is 1. The maximum Gasteiger partial charge on any atom is 0.151 e. The van der Waals surface area contributed by atoms with Crippen molar-refractivity contribution in [2.45, 2.75) is 25.5 Å². The number of hydrogen-bond acceptors (Lipinski definition) is 4. The molecule has 2 rings (SSSR count). The molecule has 0 amide bonds. The van der Waals surface area contributed by atoms with Gasteiger partial charge in [0.15, 0.2) is 6.23 Å². The molecule has 4 heteroatoms. The highest BCUT2D eigenvalue weighted by molar-refractivity contribution is 5.39. The Hall–Kier alpha value is -1.26. The van der Waals surface area contributed by atoms with E-state index < -0.39 is 0 Å². The fraction of sp³-hybridized carbons (Fsp3) is 0.455. The van der Waals surface area contributed by atoms with Crippen LogP contribution in [0.25, 0.3) is 0 Å². The zero-order chi connectivity index (χ0) is 10.7. The first-order chi connectivity index (χ1) is 7.29. The number of methoxy groups -OCH3 is 1. The standard InChI is InChI=1S/C11H15NO3/c1-14-9-5-6-10(13)8(7-9)3-2-4-11-12-15-11/h5-7,11-13H,2-4H2,1H3. The lowest BCUT2D eigenvalue weighted by atomic mass is 10.1. The minimum absolute atomic E-state index is 0.220. The Balaban J connectivity index is 1.92. The van der Waals surface area contributed by atoms with Crippen molar-refractivity contribution >= 4 is 0 Å². The molecule has 15 heavy (non-hydrogen) atoms. The molecule has 0 aromatic heterocycles. The Morgan fingerprint density at radius 2 is 2.33 bits per heavy atom. The number of phenols is 1. The van der Waals surface area contributed by atoms with Gasteiger partial charge in [-0.25, -0.2) is 0 Å². The minimum Gasteiger partial charge on any atom is -0.508 e. The predicted molar refractivity (Wildman–Crippen MR) is 55.6 cm³/mol. The molecule has 1 aliphatic heterocycles. The molecule has 1 aliphatic rings. The molecule has 1 fully saturated rings. The van der Waals surface area contributed by atoms with E-state index in [0.717, 1.165) is 30.6 Å². The molecule has 1 saturated heterocycles. The predicted octanol–water partition coefficient (Wildman–Crippen LogP) is 1.58. The van der Waals surface area contributed by atoms with E-state index >= 15 is 0 Å². The van der Waals surface area contributed by atoms with Gasteiger partial charge in [-0.15, -0.1) is 0 Å². The maximum absolute atomic E-state index is 9.61. The number of hydrogen-bond donors (Lipinski definition) is 2. The van der Waals surface area contributed by atoms with E-state index in [1.54, 1.807) is 19.2 Å². The third-order valence-electron chi connectivity index (χ3n) is 2.48. The summed E-state index contributed by atoms with van der Waals surface area (Å²) in [6, 6.07) is 5.29. The highest BCUT2D eigenvalue weighted by atomic mass is 16.8. The lowest BCUT2D eigenvalue weighted by Gasteiger charge is -2.06. The highest BCUT2D eigenvalue weighted by Gasteiger charge is 2.20. The fourth-order valence-corrected chi connectivity index (χ4v) is 1.53. The van der Waals surface area contributed by atoms with Gasteiger partial charge in [0.2, 0.25) is 0 Å². The molecule has 4 nitrogen and oxygen atoms in total. The summed E-state index contributed by atoms with van der Waals surface area (Å²) >= 11 is 0. The molecule has 1 aromatic rings. The molecule has 1 aromatic carbocycles. The van der Waals surface area contributed by atoms with Gasteiger partial charge in [0.1, 0.15) is 11.5 Å². The first kappa shape index (κ1) is 10.3. The van der Waals surface area contributed by atoms with Crippen LogP contribution < -0.4 is 10.2 Å². The maximum atomic E-state index is 9.61. The van der Waals surface area contributed by atoms with Crippen LogP contribution in [0.4, 0.5) is 0 Å². The first-order valence-electron chi connectivity index (χ1n) is 5.06. The third kappa shape index (κ3) is 2.84. The van der Waals surface area contributed by atoms with Crippen LogP contribution in [0.1, 0.15) is 18.4 Å². The topological polar surface area (TPSA) is 63.9 Å². The van der Waals surface area contributed by atoms with Crippen LogP contribution in [0.5, 0.6) is 11.5 Å². The summed E-state index contributed by atoms with van der Waals surface area (Å²) in [5.41, 5.74) is 3.70. The van der Waals surface area contributed by atoms with Crippen LogP contribution in [-0.4, -0.2) is 18.4 Å². The van der Waals surface area contributed by atoms with E-state index in [4.69, 9.17) is 9.57 Å². The summed E-state index contributed by atoms with van der Waals surface area (Å²) in [7, 11) is 1.62. The zero-order valence-electron chi connectivity index (χ0n) is 8.69. The minimum atomic E-state index is 0.220. The second-order valence-corrected chi connectivity index (χ2v) is 3.61. The molecule has 0 spiro atoms. The van der Waals surface area contributed by atoms with E-state index in [1.165, 1.54) is 0 Å². The van der Waals surface area contributed by atoms with Crippen molar-refractivity contribution in [2.24, 2.45) is 0 Å². The van der Waals surface area contributed by atoms with E-state index in [-0.39, 0.29) is 6.23 Å². The van der Waals surface area contributed by atoms with Crippen LogP contribution in [0.15, 0.2) is 18.2 Å². The summed E-state index contributed by atoms with van der Waals surface area (Å²) in [5, 5.41) is 9.61. The number of aromatic hydroxyl groups is 1. The van der Waals surface area contributed by atoms with Crippen molar-refractivity contribution in [3.8, 4) is 11.5 Å². The van der Waals surface area contributed by atoms with E-state index in [0.29, 0.717) is 5.75 Å². The van der Waals surface area contributed by atoms with Gasteiger partial charge in [0, 0.05) is 0 Å². The third-order valence-corrected chi connectivity index (χ3v) is 2.48. The Morgan fingerprint density at radius 3 is 3.00 bits per heavy atom. The molecular weight excluding hydrogens is 194 g/mol. The molecule has 0 bridgehead atoms. The largest absolute Gasteiger partial charge is 0.508 e. The molecule has 82 valence electrons. The van der Waals surface area contributed by atoms with E-state index in [2.05, 4.69) is 5.48 Å². The lowest BCUT2D eigenvalue weighted by molar-refractivity contribution is 0.359. The molecule has 1 heterocycles. The van der Waals surface area contributed by atoms with E-state index in [9.17, 15) is 5.11 Å². The molecule has 0 saturated carbocycles. The molecular formula is C11H15NO3. The van der Waals surface area contributed by atoms with Crippen LogP contribution in [0.2, 0.25) is 0 Å². The molecule has 1 atom stereocenters. The average molecular weight is 209 g/mol. The van der Waals surface area contributed by atoms with Crippen LogP contribution in [0, 0.1) is 0 Å². The summed E-state index contributed by atoms with van der Waals surface area (Å²) in [4.78, 5) is 4.88. The van der Waals surface area contributed by atoms with Crippen LogP contribution in [-0.2, 0) is 11.3 Å². The average Bonchev–Trinajstić information content (AvgIpc) is 3.05. The van der Waals surface area contributed by atoms with Crippen LogP contribution in [0.3, 0.4) is 0 Å². The number of phenolic OH excluding ortho intramolecular Hbond substituents is 1. The van der Waals surface area contributed by atoms with E-state index in [1.807, 2.05) is 6.07 Å². The Kier molecular flexibility index (Phi) is 3.08. The molecule has 0 aliphatic carbocycles. The van der Waals surface area contributed by atoms with Gasteiger partial charge in [0.05, 0.1) is 7.11 Å². The van der Waals surface area contributed by atoms with Gasteiger partial charge in [-0.1, -0.05) is 0 Å². The number of ether oxygens (including phenoxy) is 1. The number of nitrogens with one attached hydrogen (secondary N) is 1. The molecule has 1 unspecified atom stereocenters. The quantitative estimate of drug-likeness (QED) is 0.723. The van der Waals surface area contributed by atoms with Crippen molar-refractivity contribution in [1.29, 1.82) is 0 Å². The van der Waals surface area contributed by atoms with Crippen molar-refractivity contribution in [2.75, 3.05) is 7.11 Å². The van der Waals surface area contributed by atoms with Gasteiger partial charge in [0.25, 0.3) is 0 Å². The number of aryl methyl sites for hydroxylation is 1. The smallest absolute Gasteiger partial charge is 0.151 e. The highest BCUT2D eigenvalue weighted by Crippen LogP contribution is 2.25. The lowest BCUT2D eigenvalue weighted by Crippen LogP contribution is -1.94. The summed E-state index contributed by atoms with van der Waals surface area (Å²) in [5.74, 6) is 1.11. The second-order valence-electron chi connectivity index (χ2n) is 3.61. The van der Waals surface area contributed by atoms with Crippen molar-refractivity contribution in [3.05, 3.63) is 23.8 Å². The van der Waals surface area contributed by atoms with Gasteiger partial charge in [-0.2, -0.15) is 5.48 Å². The monoisotopic (exact) mass is 209 g/mol. The van der Waals surface area contributed by atoms with Crippen molar-refractivity contribution in [1.82, 2.24) is 5.48 Å². The Morgan fingerprint density at radius 1 is 1.53 bits per heavy atom. The summed E-state index contributed by atoms with van der Waals surface area (Å²) < 4.78 is 5.10. The van der Waals surface area contributed by atoms with Gasteiger partial charge >= 0.3 is 0 Å². The molecule has 2 N–H and O–H groups in total. The normalized spacial score (nSPS) is 18.9. The van der Waals surface area contributed by atoms with Gasteiger partial charge in [-0.3, -0.25) is 4.84 Å². The number of rotatable bonds is 5. The number of hydroxylamine groups is 1. The Labute approximate surface area is 88.8 Å². The van der Waals surface area contributed by atoms with Crippen molar-refractivity contribution in [3.63, 3.8) is 0 Å². The zero-order valence-corrected chi connectivity index (χ0v) is 8.69. The summed E-state index contributed by atoms with van der Waals surface area (Å²) in [6.07, 6.45) is 3.01. The van der Waals surface area contributed by atoms with Gasteiger partial charge < -0.3 is 9.84 Å². The fourth-order valence-electron chi connectivity index (χ4n) is 1.53. The SMILES string of the molecule is COc1ccc(O)c(CCCC2NO2)c1. The first-order valence-corrected chi connectivity index (χ1v) is 5.06.